The van der Waals surface area contributed by atoms with Crippen LogP contribution in [0.15, 0.2) is 77.9 Å². The molecule has 0 spiro atoms. The van der Waals surface area contributed by atoms with Crippen LogP contribution in [-0.2, 0) is 4.79 Å². The van der Waals surface area contributed by atoms with Gasteiger partial charge in [-0.15, -0.1) is 0 Å². The summed E-state index contributed by atoms with van der Waals surface area (Å²) in [6, 6.07) is 19.9. The number of rotatable bonds is 12. The van der Waals surface area contributed by atoms with E-state index in [1.165, 1.54) is 6.21 Å². The number of esters is 1. The lowest BCUT2D eigenvalue weighted by atomic mass is 10.2. The Morgan fingerprint density at radius 3 is 2.11 bits per heavy atom. The summed E-state index contributed by atoms with van der Waals surface area (Å²) in [5.74, 6) is 0.363. The standard InChI is InChI=1S/C28H29N3O6/c1-3-4-17-36-24-15-7-21(8-16-24)27(33)29-19-26(32)31-30-18-20-5-11-25(12-6-20)37-28(34)22-9-13-23(35-2)14-10-22/h5-16,18H,3-4,17,19H2,1-2H3,(H,29,33)(H,31,32)/b30-18+. The Morgan fingerprint density at radius 1 is 0.838 bits per heavy atom. The highest BCUT2D eigenvalue weighted by Gasteiger charge is 2.09. The summed E-state index contributed by atoms with van der Waals surface area (Å²) < 4.78 is 16.0. The van der Waals surface area contributed by atoms with E-state index in [4.69, 9.17) is 14.2 Å². The summed E-state index contributed by atoms with van der Waals surface area (Å²) in [4.78, 5) is 36.5. The molecule has 0 unspecified atom stereocenters. The van der Waals surface area contributed by atoms with Crippen molar-refractivity contribution in [2.45, 2.75) is 19.8 Å². The maximum absolute atomic E-state index is 12.2. The minimum atomic E-state index is -0.491. The first-order valence-electron chi connectivity index (χ1n) is 11.8. The van der Waals surface area contributed by atoms with Gasteiger partial charge in [0.2, 0.25) is 0 Å². The number of hydrazone groups is 1. The highest BCUT2D eigenvalue weighted by molar-refractivity contribution is 5.96. The normalized spacial score (nSPS) is 10.5. The third-order valence-electron chi connectivity index (χ3n) is 5.11. The van der Waals surface area contributed by atoms with Gasteiger partial charge in [-0.25, -0.2) is 10.2 Å². The van der Waals surface area contributed by atoms with Gasteiger partial charge in [-0.2, -0.15) is 5.10 Å². The molecule has 37 heavy (non-hydrogen) atoms. The zero-order chi connectivity index (χ0) is 26.5. The molecule has 3 rings (SSSR count). The molecule has 192 valence electrons. The molecule has 0 heterocycles. The van der Waals surface area contributed by atoms with Crippen LogP contribution in [0.2, 0.25) is 0 Å². The third kappa shape index (κ3) is 8.81. The lowest BCUT2D eigenvalue weighted by molar-refractivity contribution is -0.120. The van der Waals surface area contributed by atoms with Gasteiger partial charge in [-0.3, -0.25) is 9.59 Å². The van der Waals surface area contributed by atoms with Gasteiger partial charge < -0.3 is 19.5 Å². The van der Waals surface area contributed by atoms with Gasteiger partial charge in [-0.1, -0.05) is 13.3 Å². The van der Waals surface area contributed by atoms with Crippen LogP contribution < -0.4 is 25.0 Å². The zero-order valence-electron chi connectivity index (χ0n) is 20.7. The van der Waals surface area contributed by atoms with Gasteiger partial charge >= 0.3 is 5.97 Å². The van der Waals surface area contributed by atoms with Crippen LogP contribution in [0, 0.1) is 0 Å². The molecule has 9 nitrogen and oxygen atoms in total. The fourth-order valence-corrected chi connectivity index (χ4v) is 3.03. The second-order valence-corrected chi connectivity index (χ2v) is 7.89. The first-order valence-corrected chi connectivity index (χ1v) is 11.8. The second-order valence-electron chi connectivity index (χ2n) is 7.89. The number of benzene rings is 3. The van der Waals surface area contributed by atoms with Gasteiger partial charge in [-0.05, 0) is 84.8 Å². The third-order valence-corrected chi connectivity index (χ3v) is 5.11. The molecule has 0 aromatic heterocycles. The Bertz CT molecular complexity index is 1210. The number of unbranched alkanes of at least 4 members (excludes halogenated alkanes) is 1. The van der Waals surface area contributed by atoms with Crippen molar-refractivity contribution in [1.82, 2.24) is 10.7 Å². The number of hydrogen-bond donors (Lipinski definition) is 2. The minimum absolute atomic E-state index is 0.231. The molecule has 0 saturated carbocycles. The zero-order valence-corrected chi connectivity index (χ0v) is 20.7. The van der Waals surface area contributed by atoms with Gasteiger partial charge in [0.15, 0.2) is 0 Å². The molecule has 0 aliphatic carbocycles. The molecule has 0 saturated heterocycles. The van der Waals surface area contributed by atoms with Crippen molar-refractivity contribution < 1.29 is 28.6 Å². The number of amides is 2. The van der Waals surface area contributed by atoms with E-state index in [2.05, 4.69) is 22.8 Å². The van der Waals surface area contributed by atoms with Crippen molar-refractivity contribution in [2.75, 3.05) is 20.3 Å². The predicted molar refractivity (Wildman–Crippen MR) is 139 cm³/mol. The number of methoxy groups -OCH3 is 1. The van der Waals surface area contributed by atoms with Crippen molar-refractivity contribution in [2.24, 2.45) is 5.10 Å². The van der Waals surface area contributed by atoms with Crippen LogP contribution in [0.1, 0.15) is 46.0 Å². The molecule has 9 heteroatoms. The van der Waals surface area contributed by atoms with Crippen molar-refractivity contribution in [3.63, 3.8) is 0 Å². The summed E-state index contributed by atoms with van der Waals surface area (Å²) >= 11 is 0. The molecule has 2 amide bonds. The molecular formula is C28H29N3O6. The molecule has 0 atom stereocenters. The molecule has 3 aromatic carbocycles. The topological polar surface area (TPSA) is 115 Å². The fraction of sp³-hybridized carbons (Fsp3) is 0.214. The highest BCUT2D eigenvalue weighted by Crippen LogP contribution is 2.16. The summed E-state index contributed by atoms with van der Waals surface area (Å²) in [7, 11) is 1.55. The van der Waals surface area contributed by atoms with E-state index >= 15 is 0 Å². The molecule has 0 bridgehead atoms. The largest absolute Gasteiger partial charge is 0.497 e. The second kappa shape index (κ2) is 14.0. The number of nitrogens with one attached hydrogen (secondary N) is 2. The summed E-state index contributed by atoms with van der Waals surface area (Å²) in [6.45, 7) is 2.48. The van der Waals surface area contributed by atoms with Crippen molar-refractivity contribution in [1.29, 1.82) is 0 Å². The van der Waals surface area contributed by atoms with E-state index in [1.54, 1.807) is 79.9 Å². The number of hydrogen-bond acceptors (Lipinski definition) is 7. The van der Waals surface area contributed by atoms with Gasteiger partial charge in [0, 0.05) is 5.56 Å². The molecule has 0 aliphatic rings. The van der Waals surface area contributed by atoms with Gasteiger partial charge in [0.1, 0.15) is 17.2 Å². The van der Waals surface area contributed by atoms with Crippen LogP contribution in [0.3, 0.4) is 0 Å². The number of carbonyl (C=O) groups excluding carboxylic acids is 3. The monoisotopic (exact) mass is 503 g/mol. The molecule has 2 N–H and O–H groups in total. The molecular weight excluding hydrogens is 474 g/mol. The van der Waals surface area contributed by atoms with Gasteiger partial charge in [0.05, 0.1) is 32.0 Å². The van der Waals surface area contributed by atoms with Crippen LogP contribution >= 0.6 is 0 Å². The Labute approximate surface area is 215 Å². The SMILES string of the molecule is CCCCOc1ccc(C(=O)NCC(=O)N/N=C/c2ccc(OC(=O)c3ccc(OC)cc3)cc2)cc1. The molecule has 3 aromatic rings. The van der Waals surface area contributed by atoms with Crippen LogP contribution in [0.25, 0.3) is 0 Å². The van der Waals surface area contributed by atoms with Gasteiger partial charge in [0.25, 0.3) is 11.8 Å². The number of nitrogens with zero attached hydrogens (tertiary/aromatic N) is 1. The summed E-state index contributed by atoms with van der Waals surface area (Å²) in [6.07, 6.45) is 3.44. The Morgan fingerprint density at radius 2 is 1.46 bits per heavy atom. The molecule has 0 fully saturated rings. The van der Waals surface area contributed by atoms with Crippen molar-refractivity contribution in [3.8, 4) is 17.2 Å². The van der Waals surface area contributed by atoms with Crippen LogP contribution in [-0.4, -0.2) is 44.3 Å². The lowest BCUT2D eigenvalue weighted by Crippen LogP contribution is -2.34. The molecule has 0 aliphatic heterocycles. The smallest absolute Gasteiger partial charge is 0.343 e. The van der Waals surface area contributed by atoms with E-state index in [1.807, 2.05) is 0 Å². The average Bonchev–Trinajstić information content (AvgIpc) is 2.93. The van der Waals surface area contributed by atoms with Crippen LogP contribution in [0.5, 0.6) is 17.2 Å². The van der Waals surface area contributed by atoms with Crippen molar-refractivity contribution in [3.05, 3.63) is 89.5 Å². The summed E-state index contributed by atoms with van der Waals surface area (Å²) in [5, 5.41) is 6.43. The average molecular weight is 504 g/mol. The minimum Gasteiger partial charge on any atom is -0.497 e. The highest BCUT2D eigenvalue weighted by atomic mass is 16.5. The molecule has 0 radical (unpaired) electrons. The first kappa shape index (κ1) is 26.9. The van der Waals surface area contributed by atoms with E-state index in [-0.39, 0.29) is 12.5 Å². The maximum Gasteiger partial charge on any atom is 0.343 e. The van der Waals surface area contributed by atoms with E-state index in [9.17, 15) is 14.4 Å². The van der Waals surface area contributed by atoms with E-state index < -0.39 is 11.9 Å². The lowest BCUT2D eigenvalue weighted by Gasteiger charge is -2.07. The fourth-order valence-electron chi connectivity index (χ4n) is 3.03. The van der Waals surface area contributed by atoms with E-state index in [0.717, 1.165) is 12.8 Å². The number of carbonyl (C=O) groups is 3. The predicted octanol–water partition coefficient (Wildman–Crippen LogP) is 3.97. The van der Waals surface area contributed by atoms with Crippen molar-refractivity contribution >= 4 is 24.0 Å². The quantitative estimate of drug-likeness (QED) is 0.127. The Balaban J connectivity index is 1.40. The maximum atomic E-state index is 12.2. The Kier molecular flexibility index (Phi) is 10.2. The summed E-state index contributed by atoms with van der Waals surface area (Å²) in [5.41, 5.74) is 3.85. The number of ether oxygens (including phenoxy) is 3. The Hall–Kier alpha value is -4.66. The first-order chi connectivity index (χ1) is 18.0. The van der Waals surface area contributed by atoms with Crippen LogP contribution in [0.4, 0.5) is 0 Å². The van der Waals surface area contributed by atoms with E-state index in [0.29, 0.717) is 40.5 Å².